The fraction of sp³-hybridized carbons (Fsp3) is 0.467. The van der Waals surface area contributed by atoms with Gasteiger partial charge in [0.25, 0.3) is 0 Å². The maximum atomic E-state index is 5.96. The van der Waals surface area contributed by atoms with Gasteiger partial charge in [0, 0.05) is 18.6 Å². The Morgan fingerprint density at radius 2 is 2.00 bits per heavy atom. The van der Waals surface area contributed by atoms with Crippen LogP contribution in [0.1, 0.15) is 44.2 Å². The molecule has 108 valence electrons. The maximum Gasteiger partial charge on any atom is 0.228 e. The van der Waals surface area contributed by atoms with Gasteiger partial charge in [0.05, 0.1) is 0 Å². The zero-order valence-electron chi connectivity index (χ0n) is 12.2. The maximum absolute atomic E-state index is 5.96. The van der Waals surface area contributed by atoms with Crippen molar-refractivity contribution in [3.05, 3.63) is 47.6 Å². The van der Waals surface area contributed by atoms with Crippen LogP contribution in [0.25, 0.3) is 0 Å². The Hall–Kier alpha value is -1.72. The van der Waals surface area contributed by atoms with Gasteiger partial charge < -0.3 is 15.0 Å². The lowest BCUT2D eigenvalue weighted by Crippen LogP contribution is -2.34. The van der Waals surface area contributed by atoms with E-state index in [0.717, 1.165) is 5.56 Å². The second kappa shape index (κ2) is 6.15. The van der Waals surface area contributed by atoms with Crippen LogP contribution in [-0.2, 0) is 11.2 Å². The van der Waals surface area contributed by atoms with Crippen molar-refractivity contribution in [2.24, 2.45) is 5.73 Å². The summed E-state index contributed by atoms with van der Waals surface area (Å²) < 4.78 is 11.0. The molecule has 0 amide bonds. The Morgan fingerprint density at radius 3 is 2.60 bits per heavy atom. The van der Waals surface area contributed by atoms with Crippen LogP contribution in [0.4, 0.5) is 0 Å². The third kappa shape index (κ3) is 3.88. The first-order valence-corrected chi connectivity index (χ1v) is 6.77. The number of aromatic nitrogens is 2. The predicted octanol–water partition coefficient (Wildman–Crippen LogP) is 2.48. The Bertz CT molecular complexity index is 532. The van der Waals surface area contributed by atoms with Crippen molar-refractivity contribution in [3.63, 3.8) is 0 Å². The summed E-state index contributed by atoms with van der Waals surface area (Å²) in [5.74, 6) is 1.07. The minimum atomic E-state index is -0.377. The van der Waals surface area contributed by atoms with E-state index in [1.807, 2.05) is 51.1 Å². The Kier molecular flexibility index (Phi) is 4.52. The van der Waals surface area contributed by atoms with E-state index >= 15 is 0 Å². The Labute approximate surface area is 119 Å². The molecule has 1 atom stereocenters. The van der Waals surface area contributed by atoms with Gasteiger partial charge in [0.15, 0.2) is 0 Å². The van der Waals surface area contributed by atoms with Gasteiger partial charge in [-0.2, -0.15) is 4.98 Å². The highest BCUT2D eigenvalue weighted by atomic mass is 16.5. The summed E-state index contributed by atoms with van der Waals surface area (Å²) in [5.41, 5.74) is 6.59. The van der Waals surface area contributed by atoms with Crippen molar-refractivity contribution in [2.75, 3.05) is 6.61 Å². The summed E-state index contributed by atoms with van der Waals surface area (Å²) in [5, 5.41) is 4.03. The Balaban J connectivity index is 2.22. The van der Waals surface area contributed by atoms with Gasteiger partial charge in [0.2, 0.25) is 11.7 Å². The third-order valence-corrected chi connectivity index (χ3v) is 2.76. The molecule has 20 heavy (non-hydrogen) atoms. The van der Waals surface area contributed by atoms with Crippen molar-refractivity contribution in [1.82, 2.24) is 10.1 Å². The average Bonchev–Trinajstić information content (AvgIpc) is 2.83. The minimum absolute atomic E-state index is 0.306. The second-order valence-electron chi connectivity index (χ2n) is 5.46. The molecule has 5 nitrogen and oxygen atoms in total. The summed E-state index contributed by atoms with van der Waals surface area (Å²) >= 11 is 0. The SMILES string of the molecule is CCOC(c1ccccc1)c1noc(CC(C)(C)N)n1. The number of rotatable bonds is 6. The van der Waals surface area contributed by atoms with Crippen LogP contribution < -0.4 is 5.73 Å². The highest BCUT2D eigenvalue weighted by Crippen LogP contribution is 2.24. The van der Waals surface area contributed by atoms with Crippen LogP contribution in [0.2, 0.25) is 0 Å². The van der Waals surface area contributed by atoms with Crippen molar-refractivity contribution >= 4 is 0 Å². The molecule has 0 aliphatic heterocycles. The normalized spacial score (nSPS) is 13.4. The molecule has 1 aromatic heterocycles. The molecule has 1 unspecified atom stereocenters. The number of hydrogen-bond acceptors (Lipinski definition) is 5. The van der Waals surface area contributed by atoms with E-state index in [9.17, 15) is 0 Å². The van der Waals surface area contributed by atoms with E-state index in [-0.39, 0.29) is 11.6 Å². The smallest absolute Gasteiger partial charge is 0.228 e. The van der Waals surface area contributed by atoms with Crippen molar-refractivity contribution in [1.29, 1.82) is 0 Å². The van der Waals surface area contributed by atoms with Crippen LogP contribution in [0, 0.1) is 0 Å². The zero-order valence-corrected chi connectivity index (χ0v) is 12.2. The molecule has 0 spiro atoms. The van der Waals surface area contributed by atoms with Gasteiger partial charge in [-0.1, -0.05) is 35.5 Å². The standard InChI is InChI=1S/C15H21N3O2/c1-4-19-13(11-8-6-5-7-9-11)14-17-12(20-18-14)10-15(2,3)16/h5-9,13H,4,10,16H2,1-3H3. The molecule has 2 rings (SSSR count). The number of nitrogens with zero attached hydrogens (tertiary/aromatic N) is 2. The summed E-state index contributed by atoms with van der Waals surface area (Å²) in [6, 6.07) is 9.87. The molecule has 0 aliphatic carbocycles. The van der Waals surface area contributed by atoms with Crippen molar-refractivity contribution in [3.8, 4) is 0 Å². The molecular weight excluding hydrogens is 254 g/mol. The third-order valence-electron chi connectivity index (χ3n) is 2.76. The predicted molar refractivity (Wildman–Crippen MR) is 76.2 cm³/mol. The lowest BCUT2D eigenvalue weighted by atomic mass is 10.0. The van der Waals surface area contributed by atoms with E-state index in [1.54, 1.807) is 0 Å². The monoisotopic (exact) mass is 275 g/mol. The van der Waals surface area contributed by atoms with Gasteiger partial charge in [-0.3, -0.25) is 0 Å². The molecule has 2 N–H and O–H groups in total. The number of ether oxygens (including phenoxy) is 1. The van der Waals surface area contributed by atoms with E-state index in [1.165, 1.54) is 0 Å². The van der Waals surface area contributed by atoms with Crippen LogP contribution >= 0.6 is 0 Å². The van der Waals surface area contributed by atoms with E-state index in [2.05, 4.69) is 10.1 Å². The molecule has 0 aliphatic rings. The molecule has 0 saturated heterocycles. The van der Waals surface area contributed by atoms with Gasteiger partial charge >= 0.3 is 0 Å². The lowest BCUT2D eigenvalue weighted by Gasteiger charge is -2.15. The average molecular weight is 275 g/mol. The molecule has 0 saturated carbocycles. The highest BCUT2D eigenvalue weighted by molar-refractivity contribution is 5.22. The minimum Gasteiger partial charge on any atom is -0.366 e. The van der Waals surface area contributed by atoms with Gasteiger partial charge in [-0.05, 0) is 26.3 Å². The largest absolute Gasteiger partial charge is 0.366 e. The van der Waals surface area contributed by atoms with Gasteiger partial charge in [0.1, 0.15) is 6.10 Å². The van der Waals surface area contributed by atoms with Crippen LogP contribution in [0.15, 0.2) is 34.9 Å². The fourth-order valence-corrected chi connectivity index (χ4v) is 1.95. The molecule has 0 bridgehead atoms. The van der Waals surface area contributed by atoms with Crippen molar-refractivity contribution in [2.45, 2.75) is 38.8 Å². The molecule has 0 fully saturated rings. The Morgan fingerprint density at radius 1 is 1.30 bits per heavy atom. The molecule has 5 heteroatoms. The molecule has 1 aromatic carbocycles. The molecule has 1 heterocycles. The first kappa shape index (κ1) is 14.7. The molecule has 0 radical (unpaired) electrons. The van der Waals surface area contributed by atoms with Gasteiger partial charge in [-0.15, -0.1) is 0 Å². The van der Waals surface area contributed by atoms with E-state index in [4.69, 9.17) is 15.0 Å². The number of nitrogens with two attached hydrogens (primary N) is 1. The summed E-state index contributed by atoms with van der Waals surface area (Å²) in [6.07, 6.45) is 0.229. The fourth-order valence-electron chi connectivity index (χ4n) is 1.95. The quantitative estimate of drug-likeness (QED) is 0.876. The summed E-state index contributed by atoms with van der Waals surface area (Å²) in [4.78, 5) is 4.41. The second-order valence-corrected chi connectivity index (χ2v) is 5.46. The molecule has 2 aromatic rings. The summed E-state index contributed by atoms with van der Waals surface area (Å²) in [6.45, 7) is 6.37. The number of hydrogen-bond donors (Lipinski definition) is 1. The van der Waals surface area contributed by atoms with E-state index < -0.39 is 0 Å². The highest BCUT2D eigenvalue weighted by Gasteiger charge is 2.23. The van der Waals surface area contributed by atoms with Crippen LogP contribution in [0.5, 0.6) is 0 Å². The van der Waals surface area contributed by atoms with Gasteiger partial charge in [-0.25, -0.2) is 0 Å². The van der Waals surface area contributed by atoms with Crippen LogP contribution in [-0.4, -0.2) is 22.3 Å². The topological polar surface area (TPSA) is 74.2 Å². The lowest BCUT2D eigenvalue weighted by molar-refractivity contribution is 0.0833. The van der Waals surface area contributed by atoms with Crippen LogP contribution in [0.3, 0.4) is 0 Å². The van der Waals surface area contributed by atoms with Crippen molar-refractivity contribution < 1.29 is 9.26 Å². The number of benzene rings is 1. The van der Waals surface area contributed by atoms with E-state index in [0.29, 0.717) is 24.7 Å². The molecular formula is C15H21N3O2. The summed E-state index contributed by atoms with van der Waals surface area (Å²) in [7, 11) is 0. The zero-order chi connectivity index (χ0) is 14.6. The first-order chi connectivity index (χ1) is 9.49. The first-order valence-electron chi connectivity index (χ1n) is 6.77.